The van der Waals surface area contributed by atoms with Crippen molar-refractivity contribution >= 4 is 18.3 Å². The van der Waals surface area contributed by atoms with Gasteiger partial charge in [-0.05, 0) is 12.1 Å². The first-order valence-corrected chi connectivity index (χ1v) is 3.80. The Morgan fingerprint density at radius 2 is 2.14 bits per heavy atom. The molecular formula is C10H7FO3. The van der Waals surface area contributed by atoms with Crippen molar-refractivity contribution in [3.05, 3.63) is 41.2 Å². The van der Waals surface area contributed by atoms with Crippen molar-refractivity contribution in [2.24, 2.45) is 0 Å². The molecule has 14 heavy (non-hydrogen) atoms. The minimum absolute atomic E-state index is 0.00935. The van der Waals surface area contributed by atoms with Gasteiger partial charge in [-0.3, -0.25) is 4.79 Å². The zero-order valence-corrected chi connectivity index (χ0v) is 7.11. The summed E-state index contributed by atoms with van der Waals surface area (Å²) in [6.07, 6.45) is 2.32. The summed E-state index contributed by atoms with van der Waals surface area (Å²) >= 11 is 0. The van der Waals surface area contributed by atoms with Crippen LogP contribution in [0.4, 0.5) is 4.39 Å². The normalized spacial score (nSPS) is 10.4. The van der Waals surface area contributed by atoms with E-state index in [-0.39, 0.29) is 11.1 Å². The first-order chi connectivity index (χ1) is 6.65. The van der Waals surface area contributed by atoms with Gasteiger partial charge in [-0.2, -0.15) is 0 Å². The van der Waals surface area contributed by atoms with E-state index in [4.69, 9.17) is 5.11 Å². The molecule has 1 rings (SSSR count). The summed E-state index contributed by atoms with van der Waals surface area (Å²) in [5, 5.41) is 8.33. The second-order valence-corrected chi connectivity index (χ2v) is 2.53. The van der Waals surface area contributed by atoms with E-state index in [2.05, 4.69) is 0 Å². The molecule has 0 radical (unpaired) electrons. The van der Waals surface area contributed by atoms with Crippen molar-refractivity contribution in [1.82, 2.24) is 0 Å². The molecule has 0 saturated carbocycles. The lowest BCUT2D eigenvalue weighted by Gasteiger charge is -1.98. The monoisotopic (exact) mass is 194 g/mol. The fourth-order valence-electron chi connectivity index (χ4n) is 0.987. The lowest BCUT2D eigenvalue weighted by molar-refractivity contribution is -0.131. The van der Waals surface area contributed by atoms with Crippen LogP contribution in [0.5, 0.6) is 0 Å². The molecule has 0 aliphatic rings. The van der Waals surface area contributed by atoms with E-state index >= 15 is 0 Å². The maximum atomic E-state index is 13.1. The Morgan fingerprint density at radius 3 is 2.71 bits per heavy atom. The number of carbonyl (C=O) groups is 2. The molecule has 0 amide bonds. The molecule has 4 heteroatoms. The first kappa shape index (κ1) is 10.1. The van der Waals surface area contributed by atoms with Gasteiger partial charge in [-0.15, -0.1) is 0 Å². The molecule has 0 aliphatic carbocycles. The number of rotatable bonds is 3. The minimum atomic E-state index is -1.19. The van der Waals surface area contributed by atoms with Crippen molar-refractivity contribution in [2.45, 2.75) is 0 Å². The third kappa shape index (κ3) is 2.26. The van der Waals surface area contributed by atoms with Crippen LogP contribution in [0.3, 0.4) is 0 Å². The molecule has 0 fully saturated rings. The van der Waals surface area contributed by atoms with Crippen molar-refractivity contribution < 1.29 is 19.1 Å². The summed E-state index contributed by atoms with van der Waals surface area (Å²) in [6, 6.07) is 3.96. The van der Waals surface area contributed by atoms with E-state index in [1.807, 2.05) is 0 Å². The molecular weight excluding hydrogens is 187 g/mol. The highest BCUT2D eigenvalue weighted by atomic mass is 19.1. The number of hydrogen-bond donors (Lipinski definition) is 1. The lowest BCUT2D eigenvalue weighted by atomic mass is 10.1. The Bertz CT molecular complexity index is 396. The van der Waals surface area contributed by atoms with Gasteiger partial charge in [0, 0.05) is 17.2 Å². The van der Waals surface area contributed by atoms with Gasteiger partial charge in [-0.25, -0.2) is 9.18 Å². The summed E-state index contributed by atoms with van der Waals surface area (Å²) in [4.78, 5) is 20.7. The predicted octanol–water partition coefficient (Wildman–Crippen LogP) is 1.74. The highest BCUT2D eigenvalue weighted by molar-refractivity contribution is 5.89. The number of carboxylic acid groups (broad SMARTS) is 1. The molecule has 72 valence electrons. The Labute approximate surface area is 79.5 Å². The fourth-order valence-corrected chi connectivity index (χ4v) is 0.987. The van der Waals surface area contributed by atoms with Crippen LogP contribution in [0.25, 0.3) is 6.08 Å². The average molecular weight is 194 g/mol. The molecule has 0 unspecified atom stereocenters. The van der Waals surface area contributed by atoms with Crippen molar-refractivity contribution in [2.75, 3.05) is 0 Å². The molecule has 1 N–H and O–H groups in total. The Balaban J connectivity index is 3.17. The number of halogens is 1. The molecule has 0 saturated heterocycles. The molecule has 1 aromatic rings. The molecule has 0 heterocycles. The molecule has 0 atom stereocenters. The maximum absolute atomic E-state index is 13.1. The quantitative estimate of drug-likeness (QED) is 0.589. The first-order valence-electron chi connectivity index (χ1n) is 3.80. The largest absolute Gasteiger partial charge is 0.478 e. The van der Waals surface area contributed by atoms with Crippen LogP contribution < -0.4 is 0 Å². The summed E-state index contributed by atoms with van der Waals surface area (Å²) < 4.78 is 13.1. The molecule has 0 aliphatic heterocycles. The number of carbonyl (C=O) groups excluding carboxylic acids is 1. The second kappa shape index (κ2) is 4.32. The van der Waals surface area contributed by atoms with Gasteiger partial charge >= 0.3 is 5.97 Å². The van der Waals surface area contributed by atoms with Crippen molar-refractivity contribution in [3.63, 3.8) is 0 Å². The summed E-state index contributed by atoms with van der Waals surface area (Å²) in [7, 11) is 0. The molecule has 1 aromatic carbocycles. The van der Waals surface area contributed by atoms with Gasteiger partial charge in [0.15, 0.2) is 6.29 Å². The van der Waals surface area contributed by atoms with E-state index in [1.165, 1.54) is 12.1 Å². The minimum Gasteiger partial charge on any atom is -0.478 e. The number of carboxylic acids is 1. The van der Waals surface area contributed by atoms with Crippen LogP contribution in [0.15, 0.2) is 24.3 Å². The highest BCUT2D eigenvalue weighted by Gasteiger charge is 2.04. The third-order valence-corrected chi connectivity index (χ3v) is 1.61. The van der Waals surface area contributed by atoms with E-state index in [0.717, 1.165) is 18.2 Å². The van der Waals surface area contributed by atoms with Crippen LogP contribution in [-0.4, -0.2) is 17.4 Å². The molecule has 0 spiro atoms. The fraction of sp³-hybridized carbons (Fsp3) is 0. The Morgan fingerprint density at radius 1 is 1.43 bits per heavy atom. The van der Waals surface area contributed by atoms with Crippen LogP contribution in [0, 0.1) is 5.82 Å². The Kier molecular flexibility index (Phi) is 3.12. The smallest absolute Gasteiger partial charge is 0.328 e. The van der Waals surface area contributed by atoms with Crippen LogP contribution >= 0.6 is 0 Å². The predicted molar refractivity (Wildman–Crippen MR) is 48.5 cm³/mol. The molecule has 3 nitrogen and oxygen atoms in total. The van der Waals surface area contributed by atoms with Gasteiger partial charge in [0.1, 0.15) is 5.82 Å². The van der Waals surface area contributed by atoms with Crippen molar-refractivity contribution in [1.29, 1.82) is 0 Å². The highest BCUT2D eigenvalue weighted by Crippen LogP contribution is 2.13. The second-order valence-electron chi connectivity index (χ2n) is 2.53. The van der Waals surface area contributed by atoms with E-state index in [0.29, 0.717) is 6.29 Å². The summed E-state index contributed by atoms with van der Waals surface area (Å²) in [6.45, 7) is 0. The van der Waals surface area contributed by atoms with Gasteiger partial charge in [0.25, 0.3) is 0 Å². The summed E-state index contributed by atoms with van der Waals surface area (Å²) in [5.41, 5.74) is 0.118. The number of benzene rings is 1. The third-order valence-electron chi connectivity index (χ3n) is 1.61. The van der Waals surface area contributed by atoms with Gasteiger partial charge in [0.05, 0.1) is 0 Å². The topological polar surface area (TPSA) is 54.4 Å². The van der Waals surface area contributed by atoms with Crippen LogP contribution in [-0.2, 0) is 4.79 Å². The van der Waals surface area contributed by atoms with Crippen molar-refractivity contribution in [3.8, 4) is 0 Å². The SMILES string of the molecule is O=Cc1cccc(F)c1C=CC(=O)O. The summed E-state index contributed by atoms with van der Waals surface area (Å²) in [5.74, 6) is -1.81. The van der Waals surface area contributed by atoms with Crippen LogP contribution in [0.1, 0.15) is 15.9 Å². The van der Waals surface area contributed by atoms with Gasteiger partial charge in [-0.1, -0.05) is 12.1 Å². The Hall–Kier alpha value is -1.97. The lowest BCUT2D eigenvalue weighted by Crippen LogP contribution is -1.92. The number of aldehydes is 1. The zero-order chi connectivity index (χ0) is 10.6. The van der Waals surface area contributed by atoms with Gasteiger partial charge < -0.3 is 5.11 Å². The standard InChI is InChI=1S/C10H7FO3/c11-9-3-1-2-7(6-12)8(9)4-5-10(13)14/h1-6H,(H,13,14). The van der Waals surface area contributed by atoms with Crippen LogP contribution in [0.2, 0.25) is 0 Å². The maximum Gasteiger partial charge on any atom is 0.328 e. The van der Waals surface area contributed by atoms with E-state index in [9.17, 15) is 14.0 Å². The molecule has 0 bridgehead atoms. The molecule has 0 aromatic heterocycles. The number of hydrogen-bond acceptors (Lipinski definition) is 2. The number of aliphatic carboxylic acids is 1. The zero-order valence-electron chi connectivity index (χ0n) is 7.11. The average Bonchev–Trinajstić information content (AvgIpc) is 2.15. The van der Waals surface area contributed by atoms with E-state index in [1.54, 1.807) is 0 Å². The van der Waals surface area contributed by atoms with Gasteiger partial charge in [0.2, 0.25) is 0 Å². The van der Waals surface area contributed by atoms with E-state index < -0.39 is 11.8 Å².